The lowest BCUT2D eigenvalue weighted by Crippen LogP contribution is -2.44. The number of para-hydroxylation sites is 1. The number of rotatable bonds is 5. The van der Waals surface area contributed by atoms with Crippen LogP contribution in [0.5, 0.6) is 0 Å². The number of nitrogens with one attached hydrogen (secondary N) is 3. The summed E-state index contributed by atoms with van der Waals surface area (Å²) < 4.78 is 0. The van der Waals surface area contributed by atoms with E-state index in [1.54, 1.807) is 0 Å². The predicted molar refractivity (Wildman–Crippen MR) is 106 cm³/mol. The monoisotopic (exact) mass is 380 g/mol. The molecule has 4 rings (SSSR count). The Balaban J connectivity index is 1.47. The van der Waals surface area contributed by atoms with Crippen LogP contribution in [0.4, 0.5) is 5.69 Å². The van der Waals surface area contributed by atoms with Crippen molar-refractivity contribution in [3.8, 4) is 0 Å². The number of carbonyl (C=O) groups excluding carboxylic acids is 1. The van der Waals surface area contributed by atoms with Crippen LogP contribution in [0.1, 0.15) is 30.4 Å². The minimum absolute atomic E-state index is 0.0783. The molecule has 3 N–H and O–H groups in total. The third-order valence-electron chi connectivity index (χ3n) is 5.82. The van der Waals surface area contributed by atoms with Gasteiger partial charge in [-0.3, -0.25) is 20.3 Å². The number of carbonyl (C=O) groups is 1. The van der Waals surface area contributed by atoms with Crippen LogP contribution in [0.3, 0.4) is 0 Å². The Morgan fingerprint density at radius 1 is 1.07 bits per heavy atom. The molecule has 0 aromatic heterocycles. The molecule has 0 spiro atoms. The number of nitrogens with zero attached hydrogens (tertiary/aromatic N) is 1. The molecule has 1 amide bonds. The summed E-state index contributed by atoms with van der Waals surface area (Å²) in [6.07, 6.45) is 2.40. The smallest absolute Gasteiger partial charge is 0.243 e. The summed E-state index contributed by atoms with van der Waals surface area (Å²) in [4.78, 5) is 24.0. The van der Waals surface area contributed by atoms with E-state index in [1.165, 1.54) is 5.56 Å². The molecule has 2 aromatic carbocycles. The van der Waals surface area contributed by atoms with E-state index in [0.29, 0.717) is 19.3 Å². The number of amides is 1. The maximum Gasteiger partial charge on any atom is 0.243 e. The van der Waals surface area contributed by atoms with Gasteiger partial charge in [-0.2, -0.15) is 0 Å². The summed E-state index contributed by atoms with van der Waals surface area (Å²) in [5.41, 5.74) is 9.21. The van der Waals surface area contributed by atoms with Crippen molar-refractivity contribution in [2.45, 2.75) is 43.8 Å². The van der Waals surface area contributed by atoms with Crippen LogP contribution >= 0.6 is 0 Å². The Hall–Kier alpha value is -2.77. The summed E-state index contributed by atoms with van der Waals surface area (Å²) in [5.74, 6) is -0.227. The molecular weight excluding hydrogens is 356 g/mol. The molecule has 7 nitrogen and oxygen atoms in total. The zero-order chi connectivity index (χ0) is 19.5. The number of anilines is 1. The molecule has 7 heteroatoms. The van der Waals surface area contributed by atoms with E-state index in [-0.39, 0.29) is 22.8 Å². The Kier molecular flexibility index (Phi) is 5.36. The highest BCUT2D eigenvalue weighted by Crippen LogP contribution is 2.32. The molecule has 4 atom stereocenters. The lowest BCUT2D eigenvalue weighted by Gasteiger charge is -2.28. The van der Waals surface area contributed by atoms with Crippen molar-refractivity contribution in [2.24, 2.45) is 5.92 Å². The van der Waals surface area contributed by atoms with E-state index in [4.69, 9.17) is 0 Å². The summed E-state index contributed by atoms with van der Waals surface area (Å²) >= 11 is 0. The molecule has 2 aliphatic rings. The molecule has 1 aliphatic heterocycles. The van der Waals surface area contributed by atoms with E-state index in [2.05, 4.69) is 28.3 Å². The third kappa shape index (κ3) is 3.90. The number of fused-ring (bicyclic) bond motifs is 1. The summed E-state index contributed by atoms with van der Waals surface area (Å²) in [6, 6.07) is 16.9. The van der Waals surface area contributed by atoms with Gasteiger partial charge in [0.25, 0.3) is 0 Å². The van der Waals surface area contributed by atoms with E-state index < -0.39 is 12.1 Å². The standard InChI is InChI=1S/C21H24N4O3/c26-21(20-17-13-16(25(27)28)10-11-19(17)23-24-20)22-18-9-5-4-8-15(18)12-14-6-2-1-3-7-14/h1-9,16-17,19-20,23-24H,10-13H2,(H,22,26). The largest absolute Gasteiger partial charge is 0.324 e. The van der Waals surface area contributed by atoms with Crippen molar-refractivity contribution in [1.29, 1.82) is 0 Å². The lowest BCUT2D eigenvalue weighted by molar-refractivity contribution is -0.528. The van der Waals surface area contributed by atoms with Gasteiger partial charge in [-0.1, -0.05) is 48.5 Å². The fraction of sp³-hybridized carbons (Fsp3) is 0.381. The summed E-state index contributed by atoms with van der Waals surface area (Å²) in [7, 11) is 0. The first-order valence-electron chi connectivity index (χ1n) is 9.69. The van der Waals surface area contributed by atoms with Crippen molar-refractivity contribution in [1.82, 2.24) is 10.9 Å². The van der Waals surface area contributed by atoms with Crippen LogP contribution in [0.2, 0.25) is 0 Å². The SMILES string of the molecule is O=C(Nc1ccccc1Cc1ccccc1)C1NNC2CCC([N+](=O)[O-])CC21. The van der Waals surface area contributed by atoms with E-state index in [1.807, 2.05) is 42.5 Å². The van der Waals surface area contributed by atoms with E-state index >= 15 is 0 Å². The Morgan fingerprint density at radius 2 is 1.82 bits per heavy atom. The van der Waals surface area contributed by atoms with Crippen LogP contribution in [0.25, 0.3) is 0 Å². The first-order valence-corrected chi connectivity index (χ1v) is 9.69. The summed E-state index contributed by atoms with van der Waals surface area (Å²) in [5, 5.41) is 14.2. The van der Waals surface area contributed by atoms with Crippen LogP contribution < -0.4 is 16.2 Å². The van der Waals surface area contributed by atoms with Crippen molar-refractivity contribution >= 4 is 11.6 Å². The van der Waals surface area contributed by atoms with Crippen molar-refractivity contribution < 1.29 is 9.72 Å². The van der Waals surface area contributed by atoms with Crippen molar-refractivity contribution in [3.05, 3.63) is 75.8 Å². The topological polar surface area (TPSA) is 96.3 Å². The van der Waals surface area contributed by atoms with Gasteiger partial charge in [0.05, 0.1) is 0 Å². The molecule has 2 aromatic rings. The van der Waals surface area contributed by atoms with Crippen molar-refractivity contribution in [3.63, 3.8) is 0 Å². The molecule has 28 heavy (non-hydrogen) atoms. The fourth-order valence-electron chi connectivity index (χ4n) is 4.31. The fourth-order valence-corrected chi connectivity index (χ4v) is 4.31. The zero-order valence-corrected chi connectivity index (χ0v) is 15.5. The molecule has 4 unspecified atom stereocenters. The Labute approximate surface area is 163 Å². The van der Waals surface area contributed by atoms with Gasteiger partial charge in [0.2, 0.25) is 11.9 Å². The molecule has 146 valence electrons. The van der Waals surface area contributed by atoms with Gasteiger partial charge in [-0.05, 0) is 30.0 Å². The van der Waals surface area contributed by atoms with Gasteiger partial charge >= 0.3 is 0 Å². The highest BCUT2D eigenvalue weighted by Gasteiger charge is 2.46. The van der Waals surface area contributed by atoms with Gasteiger partial charge in [-0.25, -0.2) is 5.43 Å². The highest BCUT2D eigenvalue weighted by molar-refractivity contribution is 5.96. The quantitative estimate of drug-likeness (QED) is 0.547. The molecular formula is C21H24N4O3. The number of nitro groups is 1. The molecule has 1 heterocycles. The molecule has 1 aliphatic carbocycles. The normalized spacial score (nSPS) is 26.4. The Morgan fingerprint density at radius 3 is 2.61 bits per heavy atom. The van der Waals surface area contributed by atoms with Crippen LogP contribution in [0, 0.1) is 16.0 Å². The molecule has 0 bridgehead atoms. The minimum Gasteiger partial charge on any atom is -0.324 e. The van der Waals surface area contributed by atoms with Gasteiger partial charge in [-0.15, -0.1) is 0 Å². The van der Waals surface area contributed by atoms with Gasteiger partial charge < -0.3 is 5.32 Å². The molecule has 0 radical (unpaired) electrons. The van der Waals surface area contributed by atoms with Crippen LogP contribution in [-0.4, -0.2) is 29.0 Å². The maximum absolute atomic E-state index is 13.0. The van der Waals surface area contributed by atoms with E-state index in [0.717, 1.165) is 17.7 Å². The second-order valence-electron chi connectivity index (χ2n) is 7.60. The van der Waals surface area contributed by atoms with E-state index in [9.17, 15) is 14.9 Å². The highest BCUT2D eigenvalue weighted by atomic mass is 16.6. The Bertz CT molecular complexity index is 858. The maximum atomic E-state index is 13.0. The van der Waals surface area contributed by atoms with Gasteiger partial charge in [0, 0.05) is 35.4 Å². The number of hydrazine groups is 1. The third-order valence-corrected chi connectivity index (χ3v) is 5.82. The van der Waals surface area contributed by atoms with Crippen LogP contribution in [0.15, 0.2) is 54.6 Å². The zero-order valence-electron chi connectivity index (χ0n) is 15.5. The first-order chi connectivity index (χ1) is 13.6. The lowest BCUT2D eigenvalue weighted by atomic mass is 9.79. The average molecular weight is 380 g/mol. The average Bonchev–Trinajstić information content (AvgIpc) is 3.13. The number of benzene rings is 2. The van der Waals surface area contributed by atoms with Crippen LogP contribution in [-0.2, 0) is 11.2 Å². The van der Waals surface area contributed by atoms with Gasteiger partial charge in [0.15, 0.2) is 0 Å². The van der Waals surface area contributed by atoms with Gasteiger partial charge in [0.1, 0.15) is 6.04 Å². The molecule has 2 fully saturated rings. The predicted octanol–water partition coefficient (Wildman–Crippen LogP) is 2.51. The minimum atomic E-state index is -0.566. The second-order valence-corrected chi connectivity index (χ2v) is 7.60. The second kappa shape index (κ2) is 8.08. The first kappa shape index (κ1) is 18.6. The molecule has 1 saturated heterocycles. The molecule has 1 saturated carbocycles. The number of hydrogen-bond acceptors (Lipinski definition) is 5. The van der Waals surface area contributed by atoms with Crippen molar-refractivity contribution in [2.75, 3.05) is 5.32 Å². The summed E-state index contributed by atoms with van der Waals surface area (Å²) in [6.45, 7) is 0. The number of hydrogen-bond donors (Lipinski definition) is 3.